The fourth-order valence-corrected chi connectivity index (χ4v) is 5.10. The van der Waals surface area contributed by atoms with Gasteiger partial charge < -0.3 is 25.7 Å². The van der Waals surface area contributed by atoms with Gasteiger partial charge in [-0.05, 0) is 57.7 Å². The Balaban J connectivity index is 0.000000332. The molecular formula is C28H39N3O7. The van der Waals surface area contributed by atoms with Gasteiger partial charge in [-0.25, -0.2) is 4.79 Å². The highest BCUT2D eigenvalue weighted by Gasteiger charge is 2.41. The van der Waals surface area contributed by atoms with Crippen LogP contribution in [-0.4, -0.2) is 70.9 Å². The number of nitrogens with zero attached hydrogens (tertiary/aromatic N) is 2. The second-order valence-electron chi connectivity index (χ2n) is 11.2. The summed E-state index contributed by atoms with van der Waals surface area (Å²) in [5.74, 6) is -5.02. The fourth-order valence-electron chi connectivity index (χ4n) is 5.10. The van der Waals surface area contributed by atoms with E-state index in [-0.39, 0.29) is 11.1 Å². The molecule has 0 unspecified atom stereocenters. The molecule has 0 bridgehead atoms. The lowest BCUT2D eigenvalue weighted by Gasteiger charge is -2.49. The van der Waals surface area contributed by atoms with E-state index >= 15 is 0 Å². The standard InChI is InChI=1S/C22H31N3.C6H8O7/c1-21(2)13-20(14-22(3,4)24-21)25(16-18-9-6-5-7-10-18)17-19-11-8-12-23-15-19;7-3(8)1-6(13,5(11)12)2-4(9)10/h5-12,15,20,24H,13-14,16-17H2,1-4H3;13H,1-2H2,(H,7,8)(H,9,10)(H,11,12). The molecule has 1 aromatic heterocycles. The summed E-state index contributed by atoms with van der Waals surface area (Å²) in [4.78, 5) is 37.4. The summed E-state index contributed by atoms with van der Waals surface area (Å²) in [5, 5.41) is 37.6. The number of pyridine rings is 1. The van der Waals surface area contributed by atoms with Crippen LogP contribution in [0.3, 0.4) is 0 Å². The largest absolute Gasteiger partial charge is 0.481 e. The van der Waals surface area contributed by atoms with Crippen LogP contribution in [0.25, 0.3) is 0 Å². The van der Waals surface area contributed by atoms with E-state index in [1.807, 2.05) is 18.5 Å². The Labute approximate surface area is 223 Å². The van der Waals surface area contributed by atoms with Crippen LogP contribution in [0.2, 0.25) is 0 Å². The highest BCUT2D eigenvalue weighted by atomic mass is 16.4. The molecule has 0 spiro atoms. The number of aromatic nitrogens is 1. The lowest BCUT2D eigenvalue weighted by Crippen LogP contribution is -2.62. The molecule has 10 heteroatoms. The Morgan fingerprint density at radius 1 is 0.895 bits per heavy atom. The maximum Gasteiger partial charge on any atom is 0.336 e. The second-order valence-corrected chi connectivity index (χ2v) is 11.2. The Morgan fingerprint density at radius 2 is 1.39 bits per heavy atom. The highest BCUT2D eigenvalue weighted by Crippen LogP contribution is 2.33. The SMILES string of the molecule is CC1(C)CC(N(Cc2ccccc2)Cc2cccnc2)CC(C)(C)N1.O=C(O)CC(O)(CC(=O)O)C(=O)O. The summed E-state index contributed by atoms with van der Waals surface area (Å²) in [7, 11) is 0. The maximum atomic E-state index is 10.3. The summed E-state index contributed by atoms with van der Waals surface area (Å²) >= 11 is 0. The van der Waals surface area contributed by atoms with Gasteiger partial charge in [-0.2, -0.15) is 0 Å². The van der Waals surface area contributed by atoms with Crippen LogP contribution in [0.5, 0.6) is 0 Å². The lowest BCUT2D eigenvalue weighted by atomic mass is 9.79. The zero-order valence-electron chi connectivity index (χ0n) is 22.4. The number of carbonyl (C=O) groups is 3. The molecule has 1 aliphatic rings. The van der Waals surface area contributed by atoms with Gasteiger partial charge >= 0.3 is 17.9 Å². The zero-order valence-corrected chi connectivity index (χ0v) is 22.4. The van der Waals surface area contributed by atoms with E-state index in [1.165, 1.54) is 11.1 Å². The van der Waals surface area contributed by atoms with Crippen molar-refractivity contribution in [3.8, 4) is 0 Å². The van der Waals surface area contributed by atoms with Gasteiger partial charge in [0.15, 0.2) is 5.60 Å². The molecule has 38 heavy (non-hydrogen) atoms. The van der Waals surface area contributed by atoms with Crippen molar-refractivity contribution in [1.29, 1.82) is 0 Å². The molecule has 0 radical (unpaired) electrons. The van der Waals surface area contributed by atoms with Gasteiger partial charge in [-0.15, -0.1) is 0 Å². The normalized spacial score (nSPS) is 16.8. The minimum atomic E-state index is -2.74. The summed E-state index contributed by atoms with van der Waals surface area (Å²) < 4.78 is 0. The van der Waals surface area contributed by atoms with Crippen LogP contribution in [0.4, 0.5) is 0 Å². The van der Waals surface area contributed by atoms with E-state index in [9.17, 15) is 14.4 Å². The summed E-state index contributed by atoms with van der Waals surface area (Å²) in [6, 6.07) is 15.6. The smallest absolute Gasteiger partial charge is 0.336 e. The first-order valence-electron chi connectivity index (χ1n) is 12.5. The Hall–Kier alpha value is -3.34. The van der Waals surface area contributed by atoms with Crippen LogP contribution in [0.1, 0.15) is 64.5 Å². The third kappa shape index (κ3) is 10.2. The number of rotatable bonds is 10. The molecular weight excluding hydrogens is 490 g/mol. The molecule has 208 valence electrons. The third-order valence-corrected chi connectivity index (χ3v) is 6.31. The van der Waals surface area contributed by atoms with Crippen LogP contribution >= 0.6 is 0 Å². The van der Waals surface area contributed by atoms with E-state index in [0.717, 1.165) is 25.9 Å². The maximum absolute atomic E-state index is 10.3. The average molecular weight is 530 g/mol. The first-order chi connectivity index (χ1) is 17.6. The average Bonchev–Trinajstić information content (AvgIpc) is 2.77. The first kappa shape index (κ1) is 30.9. The van der Waals surface area contributed by atoms with Gasteiger partial charge in [0.2, 0.25) is 0 Å². The van der Waals surface area contributed by atoms with Crippen molar-refractivity contribution in [3.05, 3.63) is 66.0 Å². The number of aliphatic carboxylic acids is 3. The van der Waals surface area contributed by atoms with Crippen molar-refractivity contribution in [2.45, 2.75) is 89.2 Å². The third-order valence-electron chi connectivity index (χ3n) is 6.31. The molecule has 3 rings (SSSR count). The second kappa shape index (κ2) is 12.9. The van der Waals surface area contributed by atoms with Crippen molar-refractivity contribution in [1.82, 2.24) is 15.2 Å². The van der Waals surface area contributed by atoms with Gasteiger partial charge in [0.25, 0.3) is 0 Å². The number of carboxylic acid groups (broad SMARTS) is 3. The number of aliphatic hydroxyl groups is 1. The predicted molar refractivity (Wildman–Crippen MR) is 141 cm³/mol. The van der Waals surface area contributed by atoms with E-state index in [2.05, 4.69) is 79.3 Å². The van der Waals surface area contributed by atoms with Crippen molar-refractivity contribution in [3.63, 3.8) is 0 Å². The minimum Gasteiger partial charge on any atom is -0.481 e. The summed E-state index contributed by atoms with van der Waals surface area (Å²) in [6.07, 6.45) is 3.87. The lowest BCUT2D eigenvalue weighted by molar-refractivity contribution is -0.170. The molecule has 0 saturated carbocycles. The summed E-state index contributed by atoms with van der Waals surface area (Å²) in [5.41, 5.74) is 0.220. The Morgan fingerprint density at radius 3 is 1.84 bits per heavy atom. The molecule has 1 fully saturated rings. The number of piperidine rings is 1. The fraction of sp³-hybridized carbons (Fsp3) is 0.500. The van der Waals surface area contributed by atoms with E-state index < -0.39 is 36.4 Å². The van der Waals surface area contributed by atoms with Gasteiger partial charge in [0, 0.05) is 42.6 Å². The Bertz CT molecular complexity index is 1000. The van der Waals surface area contributed by atoms with E-state index in [1.54, 1.807) is 0 Å². The highest BCUT2D eigenvalue weighted by molar-refractivity contribution is 5.88. The first-order valence-corrected chi connectivity index (χ1v) is 12.5. The number of hydrogen-bond donors (Lipinski definition) is 5. The van der Waals surface area contributed by atoms with Crippen LogP contribution in [0, 0.1) is 0 Å². The van der Waals surface area contributed by atoms with Gasteiger partial charge in [-0.3, -0.25) is 19.5 Å². The number of benzene rings is 1. The van der Waals surface area contributed by atoms with Gasteiger partial charge in [0.05, 0.1) is 12.8 Å². The molecule has 0 amide bonds. The van der Waals surface area contributed by atoms with Crippen molar-refractivity contribution in [2.24, 2.45) is 0 Å². The van der Waals surface area contributed by atoms with Crippen molar-refractivity contribution >= 4 is 17.9 Å². The van der Waals surface area contributed by atoms with E-state index in [0.29, 0.717) is 6.04 Å². The minimum absolute atomic E-state index is 0.149. The van der Waals surface area contributed by atoms with Crippen molar-refractivity contribution < 1.29 is 34.8 Å². The zero-order chi connectivity index (χ0) is 28.6. The molecule has 1 aliphatic heterocycles. The summed E-state index contributed by atoms with van der Waals surface area (Å²) in [6.45, 7) is 11.2. The number of nitrogens with one attached hydrogen (secondary N) is 1. The quantitative estimate of drug-likeness (QED) is 0.309. The van der Waals surface area contributed by atoms with Gasteiger partial charge in [-0.1, -0.05) is 36.4 Å². The van der Waals surface area contributed by atoms with Crippen LogP contribution in [0.15, 0.2) is 54.9 Å². The molecule has 1 aromatic carbocycles. The molecule has 2 aromatic rings. The molecule has 5 N–H and O–H groups in total. The monoisotopic (exact) mass is 529 g/mol. The number of carboxylic acids is 3. The molecule has 2 heterocycles. The number of hydrogen-bond acceptors (Lipinski definition) is 7. The Kier molecular flexibility index (Phi) is 10.5. The predicted octanol–water partition coefficient (Wildman–Crippen LogP) is 3.14. The van der Waals surface area contributed by atoms with Gasteiger partial charge in [0.1, 0.15) is 0 Å². The molecule has 1 saturated heterocycles. The van der Waals surface area contributed by atoms with Crippen molar-refractivity contribution in [2.75, 3.05) is 0 Å². The van der Waals surface area contributed by atoms with E-state index in [4.69, 9.17) is 20.4 Å². The molecule has 10 nitrogen and oxygen atoms in total. The van der Waals surface area contributed by atoms with Crippen LogP contribution in [-0.2, 0) is 27.5 Å². The topological polar surface area (TPSA) is 160 Å². The molecule has 0 atom stereocenters. The molecule has 0 aliphatic carbocycles. The van der Waals surface area contributed by atoms with Crippen LogP contribution < -0.4 is 5.32 Å².